The van der Waals surface area contributed by atoms with Crippen LogP contribution in [0.15, 0.2) is 72.8 Å². The topological polar surface area (TPSA) is 55.4 Å². The van der Waals surface area contributed by atoms with Crippen LogP contribution in [0.2, 0.25) is 0 Å². The number of ketones is 1. The highest BCUT2D eigenvalue weighted by Crippen LogP contribution is 2.28. The van der Waals surface area contributed by atoms with Gasteiger partial charge in [-0.05, 0) is 49.1 Å². The molecule has 3 aromatic rings. The molecule has 0 aliphatic carbocycles. The number of amides is 1. The molecule has 4 heteroatoms. The summed E-state index contributed by atoms with van der Waals surface area (Å²) >= 11 is 0. The minimum atomic E-state index is -0.718. The van der Waals surface area contributed by atoms with Crippen LogP contribution in [0.5, 0.6) is 5.75 Å². The number of nitrogens with one attached hydrogen (secondary N) is 1. The van der Waals surface area contributed by atoms with Gasteiger partial charge in [0.25, 0.3) is 5.91 Å². The molecule has 0 saturated heterocycles. The van der Waals surface area contributed by atoms with E-state index in [1.54, 1.807) is 43.3 Å². The maximum Gasteiger partial charge on any atom is 0.265 e. The lowest BCUT2D eigenvalue weighted by Gasteiger charge is -2.20. The second-order valence-corrected chi connectivity index (χ2v) is 7.69. The fourth-order valence-electron chi connectivity index (χ4n) is 3.23. The largest absolute Gasteiger partial charge is 0.481 e. The number of aryl methyl sites for hydroxylation is 1. The van der Waals surface area contributed by atoms with Crippen LogP contribution in [0, 0.1) is 6.92 Å². The number of benzene rings is 3. The highest BCUT2D eigenvalue weighted by molar-refractivity contribution is 6.14. The van der Waals surface area contributed by atoms with Crippen molar-refractivity contribution in [3.05, 3.63) is 95.1 Å². The third kappa shape index (κ3) is 4.95. The van der Waals surface area contributed by atoms with Gasteiger partial charge in [0.2, 0.25) is 0 Å². The summed E-state index contributed by atoms with van der Waals surface area (Å²) in [5.74, 6) is 0.543. The van der Waals surface area contributed by atoms with Crippen LogP contribution in [0.1, 0.15) is 53.7 Å². The molecular weight excluding hydrogens is 374 g/mol. The van der Waals surface area contributed by atoms with Crippen LogP contribution in [-0.4, -0.2) is 17.8 Å². The summed E-state index contributed by atoms with van der Waals surface area (Å²) in [5, 5.41) is 2.86. The molecule has 0 saturated carbocycles. The lowest BCUT2D eigenvalue weighted by atomic mass is 10.0. The first kappa shape index (κ1) is 21.3. The first-order chi connectivity index (χ1) is 14.4. The molecule has 1 unspecified atom stereocenters. The second-order valence-electron chi connectivity index (χ2n) is 7.69. The number of para-hydroxylation sites is 1. The van der Waals surface area contributed by atoms with Crippen LogP contribution in [0.3, 0.4) is 0 Å². The number of hydrogen-bond acceptors (Lipinski definition) is 3. The van der Waals surface area contributed by atoms with Crippen molar-refractivity contribution in [1.29, 1.82) is 0 Å². The van der Waals surface area contributed by atoms with Crippen molar-refractivity contribution in [2.24, 2.45) is 0 Å². The first-order valence-corrected chi connectivity index (χ1v) is 10.1. The van der Waals surface area contributed by atoms with E-state index in [9.17, 15) is 9.59 Å². The Morgan fingerprint density at radius 1 is 0.867 bits per heavy atom. The fourth-order valence-corrected chi connectivity index (χ4v) is 3.23. The Hall–Kier alpha value is -3.40. The van der Waals surface area contributed by atoms with Crippen molar-refractivity contribution in [2.45, 2.75) is 39.7 Å². The lowest BCUT2D eigenvalue weighted by molar-refractivity contribution is -0.122. The molecule has 0 radical (unpaired) electrons. The van der Waals surface area contributed by atoms with Crippen LogP contribution in [0.25, 0.3) is 0 Å². The van der Waals surface area contributed by atoms with E-state index in [0.29, 0.717) is 22.6 Å². The number of carbonyl (C=O) groups excluding carboxylic acids is 2. The van der Waals surface area contributed by atoms with Crippen LogP contribution in [0.4, 0.5) is 5.69 Å². The Morgan fingerprint density at radius 2 is 1.53 bits per heavy atom. The van der Waals surface area contributed by atoms with Gasteiger partial charge in [-0.2, -0.15) is 0 Å². The predicted molar refractivity (Wildman–Crippen MR) is 120 cm³/mol. The van der Waals surface area contributed by atoms with E-state index < -0.39 is 6.10 Å². The molecule has 1 atom stereocenters. The van der Waals surface area contributed by atoms with E-state index in [2.05, 4.69) is 19.2 Å². The maximum atomic E-state index is 12.9. The summed E-state index contributed by atoms with van der Waals surface area (Å²) in [7, 11) is 0. The normalized spacial score (nSPS) is 11.8. The van der Waals surface area contributed by atoms with E-state index in [4.69, 9.17) is 4.74 Å². The smallest absolute Gasteiger partial charge is 0.265 e. The second kappa shape index (κ2) is 9.40. The van der Waals surface area contributed by atoms with E-state index in [0.717, 1.165) is 11.1 Å². The zero-order valence-corrected chi connectivity index (χ0v) is 17.8. The minimum absolute atomic E-state index is 0.138. The number of rotatable bonds is 7. The average molecular weight is 402 g/mol. The van der Waals surface area contributed by atoms with Gasteiger partial charge in [0.1, 0.15) is 5.75 Å². The molecule has 0 spiro atoms. The molecule has 3 aromatic carbocycles. The molecule has 1 N–H and O–H groups in total. The standard InChI is InChI=1S/C26H27NO3/c1-17(2)21-15-14-18(3)16-24(21)30-19(4)26(29)27-23-13-9-8-12-22(23)25(28)20-10-6-5-7-11-20/h5-17,19H,1-4H3,(H,27,29). The Balaban J connectivity index is 1.79. The molecular formula is C26H27NO3. The zero-order chi connectivity index (χ0) is 21.7. The summed E-state index contributed by atoms with van der Waals surface area (Å²) < 4.78 is 6.01. The van der Waals surface area contributed by atoms with E-state index >= 15 is 0 Å². The van der Waals surface area contributed by atoms with Crippen LogP contribution < -0.4 is 10.1 Å². The lowest BCUT2D eigenvalue weighted by Crippen LogP contribution is -2.31. The average Bonchev–Trinajstić information content (AvgIpc) is 2.74. The molecule has 30 heavy (non-hydrogen) atoms. The van der Waals surface area contributed by atoms with Gasteiger partial charge < -0.3 is 10.1 Å². The van der Waals surface area contributed by atoms with Gasteiger partial charge in [-0.1, -0.05) is 68.4 Å². The quantitative estimate of drug-likeness (QED) is 0.513. The highest BCUT2D eigenvalue weighted by atomic mass is 16.5. The van der Waals surface area contributed by atoms with Gasteiger partial charge in [0.15, 0.2) is 11.9 Å². The van der Waals surface area contributed by atoms with Gasteiger partial charge in [-0.3, -0.25) is 9.59 Å². The maximum absolute atomic E-state index is 12.9. The Labute approximate surface area is 177 Å². The van der Waals surface area contributed by atoms with Gasteiger partial charge in [0, 0.05) is 11.1 Å². The SMILES string of the molecule is Cc1ccc(C(C)C)c(OC(C)C(=O)Nc2ccccc2C(=O)c2ccccc2)c1. The predicted octanol–water partition coefficient (Wildman–Crippen LogP) is 5.76. The van der Waals surface area contributed by atoms with Gasteiger partial charge in [0.05, 0.1) is 5.69 Å². The van der Waals surface area contributed by atoms with Crippen LogP contribution >= 0.6 is 0 Å². The molecule has 0 bridgehead atoms. The first-order valence-electron chi connectivity index (χ1n) is 10.1. The third-order valence-electron chi connectivity index (χ3n) is 4.93. The molecule has 0 aromatic heterocycles. The number of hydrogen-bond donors (Lipinski definition) is 1. The zero-order valence-electron chi connectivity index (χ0n) is 17.8. The summed E-state index contributed by atoms with van der Waals surface area (Å²) in [5.41, 5.74) is 3.62. The summed E-state index contributed by atoms with van der Waals surface area (Å²) in [6, 6.07) is 22.1. The summed E-state index contributed by atoms with van der Waals surface area (Å²) in [6.07, 6.45) is -0.718. The van der Waals surface area contributed by atoms with Crippen molar-refractivity contribution < 1.29 is 14.3 Å². The van der Waals surface area contributed by atoms with Gasteiger partial charge in [-0.25, -0.2) is 0 Å². The fraction of sp³-hybridized carbons (Fsp3) is 0.231. The summed E-state index contributed by atoms with van der Waals surface area (Å²) in [4.78, 5) is 25.7. The molecule has 154 valence electrons. The number of carbonyl (C=O) groups is 2. The van der Waals surface area contributed by atoms with Crippen LogP contribution in [-0.2, 0) is 4.79 Å². The Morgan fingerprint density at radius 3 is 2.23 bits per heavy atom. The molecule has 0 fully saturated rings. The molecule has 0 aliphatic heterocycles. The van der Waals surface area contributed by atoms with E-state index in [1.807, 2.05) is 43.3 Å². The molecule has 0 aliphatic rings. The van der Waals surface area contributed by atoms with Crippen molar-refractivity contribution in [2.75, 3.05) is 5.32 Å². The molecule has 1 amide bonds. The number of ether oxygens (including phenoxy) is 1. The van der Waals surface area contributed by atoms with E-state index in [-0.39, 0.29) is 17.6 Å². The third-order valence-corrected chi connectivity index (χ3v) is 4.93. The molecule has 3 rings (SSSR count). The number of anilines is 1. The van der Waals surface area contributed by atoms with Gasteiger partial charge in [-0.15, -0.1) is 0 Å². The monoisotopic (exact) mass is 401 g/mol. The summed E-state index contributed by atoms with van der Waals surface area (Å²) in [6.45, 7) is 7.89. The van der Waals surface area contributed by atoms with Crippen molar-refractivity contribution in [3.63, 3.8) is 0 Å². The minimum Gasteiger partial charge on any atom is -0.481 e. The Bertz CT molecular complexity index is 1040. The van der Waals surface area contributed by atoms with Crippen molar-refractivity contribution in [3.8, 4) is 5.75 Å². The van der Waals surface area contributed by atoms with Crippen molar-refractivity contribution in [1.82, 2.24) is 0 Å². The molecule has 4 nitrogen and oxygen atoms in total. The van der Waals surface area contributed by atoms with Gasteiger partial charge >= 0.3 is 0 Å². The van der Waals surface area contributed by atoms with E-state index in [1.165, 1.54) is 0 Å². The molecule has 0 heterocycles. The Kier molecular flexibility index (Phi) is 6.68. The highest BCUT2D eigenvalue weighted by Gasteiger charge is 2.20. The van der Waals surface area contributed by atoms with Crippen molar-refractivity contribution >= 4 is 17.4 Å².